The first-order chi connectivity index (χ1) is 10.0. The standard InChI is InChI=1S/C13H15N5O3/c1-3-13(4-19)9(20)7(2)12(21-13)18-6-17-8-10(14)15-5-16-11(8)18/h1,5-7,9,12,19-20H,4H2,2H3,(H2,14,15,16)/t7-,9-,12+,13+/m0/s1. The predicted molar refractivity (Wildman–Crippen MR) is 73.7 cm³/mol. The molecule has 1 aliphatic heterocycles. The summed E-state index contributed by atoms with van der Waals surface area (Å²) in [7, 11) is 0. The molecular weight excluding hydrogens is 274 g/mol. The molecule has 0 amide bonds. The molecule has 0 unspecified atom stereocenters. The fourth-order valence-corrected chi connectivity index (χ4v) is 2.64. The van der Waals surface area contributed by atoms with Crippen LogP contribution < -0.4 is 5.73 Å². The molecule has 0 radical (unpaired) electrons. The van der Waals surface area contributed by atoms with Crippen molar-refractivity contribution >= 4 is 17.0 Å². The van der Waals surface area contributed by atoms with E-state index >= 15 is 0 Å². The molecule has 3 rings (SSSR count). The zero-order valence-electron chi connectivity index (χ0n) is 11.3. The number of nitrogens with two attached hydrogens (primary N) is 1. The number of fused-ring (bicyclic) bond motifs is 1. The summed E-state index contributed by atoms with van der Waals surface area (Å²) in [6.45, 7) is 1.30. The maximum absolute atomic E-state index is 10.3. The Morgan fingerprint density at radius 1 is 1.52 bits per heavy atom. The lowest BCUT2D eigenvalue weighted by Crippen LogP contribution is -2.43. The molecule has 8 heteroatoms. The predicted octanol–water partition coefficient (Wildman–Crippen LogP) is -0.701. The van der Waals surface area contributed by atoms with Gasteiger partial charge in [0, 0.05) is 5.92 Å². The number of hydrogen-bond acceptors (Lipinski definition) is 7. The average Bonchev–Trinajstić information content (AvgIpc) is 3.02. The smallest absolute Gasteiger partial charge is 0.179 e. The largest absolute Gasteiger partial charge is 0.392 e. The summed E-state index contributed by atoms with van der Waals surface area (Å²) in [5.41, 5.74) is 5.25. The van der Waals surface area contributed by atoms with Gasteiger partial charge in [0.1, 0.15) is 24.2 Å². The minimum absolute atomic E-state index is 0.260. The molecule has 3 heterocycles. The van der Waals surface area contributed by atoms with Crippen molar-refractivity contribution in [2.24, 2.45) is 5.92 Å². The third kappa shape index (κ3) is 1.79. The van der Waals surface area contributed by atoms with Crippen LogP contribution in [0.5, 0.6) is 0 Å². The van der Waals surface area contributed by atoms with E-state index in [4.69, 9.17) is 16.9 Å². The molecule has 0 aliphatic carbocycles. The van der Waals surface area contributed by atoms with E-state index < -0.39 is 24.5 Å². The molecule has 2 aromatic heterocycles. The van der Waals surface area contributed by atoms with Crippen molar-refractivity contribution in [3.63, 3.8) is 0 Å². The third-order valence-corrected chi connectivity index (χ3v) is 3.90. The second kappa shape index (κ2) is 4.66. The van der Waals surface area contributed by atoms with Crippen molar-refractivity contribution in [1.29, 1.82) is 0 Å². The normalized spacial score (nSPS) is 32.4. The van der Waals surface area contributed by atoms with E-state index in [1.807, 2.05) is 0 Å². The summed E-state index contributed by atoms with van der Waals surface area (Å²) in [6, 6.07) is 0. The molecule has 8 nitrogen and oxygen atoms in total. The van der Waals surface area contributed by atoms with Gasteiger partial charge in [0.2, 0.25) is 0 Å². The SMILES string of the molecule is C#C[C@]1(CO)O[C@@H](n2cnc3c(N)ncnc32)[C@@H](C)[C@@H]1O. The highest BCUT2D eigenvalue weighted by molar-refractivity contribution is 5.81. The van der Waals surface area contributed by atoms with Crippen molar-refractivity contribution in [3.05, 3.63) is 12.7 Å². The lowest BCUT2D eigenvalue weighted by Gasteiger charge is -2.23. The molecule has 0 saturated carbocycles. The molecule has 1 fully saturated rings. The number of aliphatic hydroxyl groups is 2. The van der Waals surface area contributed by atoms with Gasteiger partial charge >= 0.3 is 0 Å². The molecule has 0 bridgehead atoms. The highest BCUT2D eigenvalue weighted by atomic mass is 16.6. The summed E-state index contributed by atoms with van der Waals surface area (Å²) >= 11 is 0. The van der Waals surface area contributed by atoms with E-state index in [2.05, 4.69) is 20.9 Å². The Hall–Kier alpha value is -2.21. The van der Waals surface area contributed by atoms with Crippen LogP contribution in [0.4, 0.5) is 5.82 Å². The van der Waals surface area contributed by atoms with Crippen LogP contribution in [0.25, 0.3) is 11.2 Å². The number of nitrogen functional groups attached to an aromatic ring is 1. The van der Waals surface area contributed by atoms with Crippen molar-refractivity contribution in [1.82, 2.24) is 19.5 Å². The molecule has 2 aromatic rings. The molecule has 1 saturated heterocycles. The monoisotopic (exact) mass is 289 g/mol. The average molecular weight is 289 g/mol. The van der Waals surface area contributed by atoms with Gasteiger partial charge in [0.05, 0.1) is 12.9 Å². The highest BCUT2D eigenvalue weighted by Gasteiger charge is 2.52. The number of imidazole rings is 1. The van der Waals surface area contributed by atoms with Gasteiger partial charge in [0.15, 0.2) is 17.1 Å². The molecule has 110 valence electrons. The van der Waals surface area contributed by atoms with Crippen LogP contribution in [0.1, 0.15) is 13.2 Å². The van der Waals surface area contributed by atoms with E-state index in [0.29, 0.717) is 11.2 Å². The third-order valence-electron chi connectivity index (χ3n) is 3.90. The Bertz CT molecular complexity index is 724. The lowest BCUT2D eigenvalue weighted by atomic mass is 9.92. The number of rotatable bonds is 2. The van der Waals surface area contributed by atoms with Crippen molar-refractivity contribution < 1.29 is 14.9 Å². The number of terminal acetylenes is 1. The molecule has 4 atom stereocenters. The molecule has 0 aromatic carbocycles. The fourth-order valence-electron chi connectivity index (χ4n) is 2.64. The first kappa shape index (κ1) is 13.8. The van der Waals surface area contributed by atoms with Crippen molar-refractivity contribution in [2.75, 3.05) is 12.3 Å². The van der Waals surface area contributed by atoms with Gasteiger partial charge in [-0.05, 0) is 0 Å². The van der Waals surface area contributed by atoms with Gasteiger partial charge in [-0.2, -0.15) is 0 Å². The maximum Gasteiger partial charge on any atom is 0.179 e. The maximum atomic E-state index is 10.3. The Morgan fingerprint density at radius 3 is 2.90 bits per heavy atom. The number of hydrogen-bond donors (Lipinski definition) is 3. The van der Waals surface area contributed by atoms with Crippen LogP contribution in [0.3, 0.4) is 0 Å². The van der Waals surface area contributed by atoms with Gasteiger partial charge in [0.25, 0.3) is 0 Å². The molecule has 0 spiro atoms. The first-order valence-electron chi connectivity index (χ1n) is 6.41. The Morgan fingerprint density at radius 2 is 2.29 bits per heavy atom. The summed E-state index contributed by atoms with van der Waals surface area (Å²) in [5, 5.41) is 19.8. The van der Waals surface area contributed by atoms with E-state index in [1.54, 1.807) is 11.5 Å². The second-order valence-electron chi connectivity index (χ2n) is 5.09. The van der Waals surface area contributed by atoms with Crippen LogP contribution in [-0.2, 0) is 4.74 Å². The quantitative estimate of drug-likeness (QED) is 0.625. The minimum Gasteiger partial charge on any atom is -0.392 e. The topological polar surface area (TPSA) is 119 Å². The van der Waals surface area contributed by atoms with E-state index in [0.717, 1.165) is 0 Å². The van der Waals surface area contributed by atoms with Crippen LogP contribution in [-0.4, -0.2) is 48.0 Å². The van der Waals surface area contributed by atoms with Crippen molar-refractivity contribution in [2.45, 2.75) is 24.9 Å². The highest BCUT2D eigenvalue weighted by Crippen LogP contribution is 2.41. The van der Waals surface area contributed by atoms with Gasteiger partial charge < -0.3 is 20.7 Å². The number of aromatic nitrogens is 4. The minimum atomic E-state index is -1.43. The van der Waals surface area contributed by atoms with Crippen LogP contribution in [0.15, 0.2) is 12.7 Å². The Balaban J connectivity index is 2.08. The van der Waals surface area contributed by atoms with Crippen LogP contribution in [0.2, 0.25) is 0 Å². The number of aliphatic hydroxyl groups excluding tert-OH is 2. The molecule has 4 N–H and O–H groups in total. The Kier molecular flexibility index (Phi) is 3.06. The number of ether oxygens (including phenoxy) is 1. The van der Waals surface area contributed by atoms with E-state index in [1.165, 1.54) is 12.7 Å². The summed E-state index contributed by atoms with van der Waals surface area (Å²) < 4.78 is 7.38. The molecule has 1 aliphatic rings. The molecular formula is C13H15N5O3. The zero-order valence-corrected chi connectivity index (χ0v) is 11.3. The van der Waals surface area contributed by atoms with Gasteiger partial charge in [-0.3, -0.25) is 4.57 Å². The van der Waals surface area contributed by atoms with Crippen LogP contribution in [0, 0.1) is 18.3 Å². The molecule has 21 heavy (non-hydrogen) atoms. The van der Waals surface area contributed by atoms with E-state index in [-0.39, 0.29) is 11.7 Å². The zero-order chi connectivity index (χ0) is 15.2. The fraction of sp³-hybridized carbons (Fsp3) is 0.462. The number of anilines is 1. The van der Waals surface area contributed by atoms with Gasteiger partial charge in [-0.15, -0.1) is 6.42 Å². The number of nitrogens with zero attached hydrogens (tertiary/aromatic N) is 4. The summed E-state index contributed by atoms with van der Waals surface area (Å²) in [5.74, 6) is 2.25. The lowest BCUT2D eigenvalue weighted by molar-refractivity contribution is -0.0896. The van der Waals surface area contributed by atoms with Crippen molar-refractivity contribution in [3.8, 4) is 12.3 Å². The summed E-state index contributed by atoms with van der Waals surface area (Å²) in [6.07, 6.45) is 6.64. The summed E-state index contributed by atoms with van der Waals surface area (Å²) in [4.78, 5) is 12.2. The van der Waals surface area contributed by atoms with Gasteiger partial charge in [-0.25, -0.2) is 15.0 Å². The first-order valence-corrected chi connectivity index (χ1v) is 6.41. The van der Waals surface area contributed by atoms with Crippen LogP contribution >= 0.6 is 0 Å². The Labute approximate surface area is 120 Å². The second-order valence-corrected chi connectivity index (χ2v) is 5.09. The van der Waals surface area contributed by atoms with Gasteiger partial charge in [-0.1, -0.05) is 12.8 Å². The van der Waals surface area contributed by atoms with E-state index in [9.17, 15) is 10.2 Å².